The Balaban J connectivity index is 5.46. The lowest BCUT2D eigenvalue weighted by Gasteiger charge is -2.26. The second kappa shape index (κ2) is 16.2. The molecule has 0 bridgehead atoms. The second-order valence-electron chi connectivity index (χ2n) is 7.66. The van der Waals surface area contributed by atoms with E-state index in [4.69, 9.17) is 5.73 Å². The number of nitrogens with two attached hydrogens (primary N) is 1. The molecule has 32 heavy (non-hydrogen) atoms. The Kier molecular flexibility index (Phi) is 15.4. The number of carboxylic acid groups (broad SMARTS) is 1. The van der Waals surface area contributed by atoms with Gasteiger partial charge in [-0.1, -0.05) is 20.3 Å². The summed E-state index contributed by atoms with van der Waals surface area (Å²) in [6.07, 6.45) is 3.77. The summed E-state index contributed by atoms with van der Waals surface area (Å²) in [5, 5.41) is 26.7. The molecular formula is C20H38N4O6S2. The fourth-order valence-electron chi connectivity index (χ4n) is 2.71. The van der Waals surface area contributed by atoms with Crippen LogP contribution in [0.15, 0.2) is 0 Å². The van der Waals surface area contributed by atoms with Crippen LogP contribution in [0.4, 0.5) is 0 Å². The molecule has 0 aliphatic carbocycles. The number of carboxylic acids is 1. The quantitative estimate of drug-likeness (QED) is 0.170. The summed E-state index contributed by atoms with van der Waals surface area (Å²) in [4.78, 5) is 49.6. The van der Waals surface area contributed by atoms with Crippen molar-refractivity contribution in [3.63, 3.8) is 0 Å². The molecule has 0 aromatic rings. The van der Waals surface area contributed by atoms with Crippen molar-refractivity contribution in [3.8, 4) is 0 Å². The highest BCUT2D eigenvalue weighted by Crippen LogP contribution is 2.10. The molecule has 3 amide bonds. The third-order valence-electron chi connectivity index (χ3n) is 5.09. The minimum absolute atomic E-state index is 0.288. The lowest BCUT2D eigenvalue weighted by molar-refractivity contribution is -0.143. The molecule has 6 atom stereocenters. The minimum Gasteiger partial charge on any atom is -0.480 e. The average Bonchev–Trinajstić information content (AvgIpc) is 2.75. The Bertz CT molecular complexity index is 623. The first-order valence-electron chi connectivity index (χ1n) is 10.5. The van der Waals surface area contributed by atoms with E-state index < -0.39 is 54.0 Å². The van der Waals surface area contributed by atoms with Gasteiger partial charge >= 0.3 is 5.97 Å². The standard InChI is InChI=1S/C20H38N4O6S2/c1-6-11(2)16(20(29)30)24-18(27)14(8-10-32-5)22-17(26)13(7-9-31-4)23-19(28)15(21)12(3)25/h11-16,25H,6-10,21H2,1-5H3,(H,22,26)(H,23,28)(H,24,27)(H,29,30). The molecule has 0 radical (unpaired) electrons. The number of nitrogens with one attached hydrogen (secondary N) is 3. The molecule has 0 fully saturated rings. The number of carbonyl (C=O) groups is 4. The van der Waals surface area contributed by atoms with Crippen LogP contribution < -0.4 is 21.7 Å². The van der Waals surface area contributed by atoms with Gasteiger partial charge in [-0.3, -0.25) is 14.4 Å². The van der Waals surface area contributed by atoms with Gasteiger partial charge in [0.1, 0.15) is 24.2 Å². The number of aliphatic hydroxyl groups is 1. The molecular weight excluding hydrogens is 456 g/mol. The molecule has 0 spiro atoms. The number of carbonyl (C=O) groups excluding carboxylic acids is 3. The highest BCUT2D eigenvalue weighted by atomic mass is 32.2. The summed E-state index contributed by atoms with van der Waals surface area (Å²) in [5.41, 5.74) is 5.66. The van der Waals surface area contributed by atoms with Gasteiger partial charge in [0, 0.05) is 0 Å². The summed E-state index contributed by atoms with van der Waals surface area (Å²) in [6.45, 7) is 4.94. The third-order valence-corrected chi connectivity index (χ3v) is 6.37. The number of aliphatic carboxylic acids is 1. The number of rotatable bonds is 16. The molecule has 0 saturated heterocycles. The smallest absolute Gasteiger partial charge is 0.326 e. The summed E-state index contributed by atoms with van der Waals surface area (Å²) in [5.74, 6) is -2.12. The van der Waals surface area contributed by atoms with Crippen LogP contribution in [0, 0.1) is 5.92 Å². The van der Waals surface area contributed by atoms with Gasteiger partial charge in [-0.25, -0.2) is 4.79 Å². The van der Waals surface area contributed by atoms with E-state index in [-0.39, 0.29) is 5.92 Å². The van der Waals surface area contributed by atoms with Crippen LogP contribution in [-0.4, -0.2) is 88.2 Å². The minimum atomic E-state index is -1.19. The highest BCUT2D eigenvalue weighted by Gasteiger charge is 2.32. The molecule has 0 aliphatic heterocycles. The number of aliphatic hydroxyl groups excluding tert-OH is 1. The molecule has 0 saturated carbocycles. The maximum Gasteiger partial charge on any atom is 0.326 e. The van der Waals surface area contributed by atoms with Crippen LogP contribution in [-0.2, 0) is 19.2 Å². The van der Waals surface area contributed by atoms with Crippen molar-refractivity contribution in [1.29, 1.82) is 0 Å². The van der Waals surface area contributed by atoms with Crippen molar-refractivity contribution in [2.75, 3.05) is 24.0 Å². The second-order valence-corrected chi connectivity index (χ2v) is 9.63. The van der Waals surface area contributed by atoms with E-state index in [0.29, 0.717) is 30.8 Å². The van der Waals surface area contributed by atoms with E-state index in [0.717, 1.165) is 0 Å². The predicted octanol–water partition coefficient (Wildman–Crippen LogP) is -0.214. The van der Waals surface area contributed by atoms with Gasteiger partial charge in [-0.05, 0) is 49.7 Å². The number of amides is 3. The zero-order chi connectivity index (χ0) is 24.8. The van der Waals surface area contributed by atoms with Gasteiger partial charge in [0.2, 0.25) is 17.7 Å². The zero-order valence-electron chi connectivity index (χ0n) is 19.4. The van der Waals surface area contributed by atoms with E-state index >= 15 is 0 Å². The zero-order valence-corrected chi connectivity index (χ0v) is 21.1. The van der Waals surface area contributed by atoms with Gasteiger partial charge in [-0.2, -0.15) is 23.5 Å². The SMILES string of the molecule is CCC(C)C(NC(=O)C(CCSC)NC(=O)C(CCSC)NC(=O)C(N)C(C)O)C(=O)O. The van der Waals surface area contributed by atoms with E-state index in [9.17, 15) is 29.4 Å². The van der Waals surface area contributed by atoms with Gasteiger partial charge in [-0.15, -0.1) is 0 Å². The van der Waals surface area contributed by atoms with Gasteiger partial charge in [0.25, 0.3) is 0 Å². The van der Waals surface area contributed by atoms with Crippen molar-refractivity contribution in [2.24, 2.45) is 11.7 Å². The van der Waals surface area contributed by atoms with Crippen LogP contribution in [0.3, 0.4) is 0 Å². The lowest BCUT2D eigenvalue weighted by atomic mass is 9.98. The number of thioether (sulfide) groups is 2. The molecule has 0 heterocycles. The first-order valence-corrected chi connectivity index (χ1v) is 13.3. The molecule has 186 valence electrons. The van der Waals surface area contributed by atoms with Crippen LogP contribution in [0.5, 0.6) is 0 Å². The first kappa shape index (κ1) is 30.5. The molecule has 0 aromatic heterocycles. The largest absolute Gasteiger partial charge is 0.480 e. The summed E-state index contributed by atoms with van der Waals surface area (Å²) in [7, 11) is 0. The highest BCUT2D eigenvalue weighted by molar-refractivity contribution is 7.98. The number of hydrogen-bond acceptors (Lipinski definition) is 8. The summed E-state index contributed by atoms with van der Waals surface area (Å²) >= 11 is 2.97. The molecule has 12 heteroatoms. The monoisotopic (exact) mass is 494 g/mol. The molecule has 6 unspecified atom stereocenters. The Morgan fingerprint density at radius 3 is 1.69 bits per heavy atom. The van der Waals surface area contributed by atoms with Crippen LogP contribution >= 0.6 is 23.5 Å². The maximum absolute atomic E-state index is 12.9. The normalized spacial score (nSPS) is 16.7. The first-order chi connectivity index (χ1) is 15.0. The van der Waals surface area contributed by atoms with Crippen LogP contribution in [0.25, 0.3) is 0 Å². The summed E-state index contributed by atoms with van der Waals surface area (Å²) < 4.78 is 0. The van der Waals surface area contributed by atoms with Crippen LogP contribution in [0.2, 0.25) is 0 Å². The Hall–Kier alpha value is -1.50. The van der Waals surface area contributed by atoms with Crippen molar-refractivity contribution < 1.29 is 29.4 Å². The van der Waals surface area contributed by atoms with E-state index in [1.54, 1.807) is 6.92 Å². The van der Waals surface area contributed by atoms with Crippen molar-refractivity contribution >= 4 is 47.2 Å². The topological polar surface area (TPSA) is 171 Å². The number of hydrogen-bond donors (Lipinski definition) is 6. The van der Waals surface area contributed by atoms with Gasteiger partial charge in [0.05, 0.1) is 6.10 Å². The fourth-order valence-corrected chi connectivity index (χ4v) is 3.65. The van der Waals surface area contributed by atoms with Crippen molar-refractivity contribution in [3.05, 3.63) is 0 Å². The van der Waals surface area contributed by atoms with Gasteiger partial charge < -0.3 is 31.9 Å². The molecule has 0 rings (SSSR count). The van der Waals surface area contributed by atoms with Crippen LogP contribution in [0.1, 0.15) is 40.0 Å². The lowest BCUT2D eigenvalue weighted by Crippen LogP contribution is -2.58. The Morgan fingerprint density at radius 1 is 0.875 bits per heavy atom. The fraction of sp³-hybridized carbons (Fsp3) is 0.800. The molecule has 0 aromatic carbocycles. The summed E-state index contributed by atoms with van der Waals surface area (Å²) in [6, 6.07) is -4.17. The maximum atomic E-state index is 12.9. The van der Waals surface area contributed by atoms with Crippen molar-refractivity contribution in [2.45, 2.75) is 70.3 Å². The Morgan fingerprint density at radius 2 is 1.31 bits per heavy atom. The Labute approximate surface area is 198 Å². The van der Waals surface area contributed by atoms with Gasteiger partial charge in [0.15, 0.2) is 0 Å². The van der Waals surface area contributed by atoms with E-state index in [1.165, 1.54) is 30.4 Å². The molecule has 0 aliphatic rings. The third kappa shape index (κ3) is 10.9. The van der Waals surface area contributed by atoms with Crippen molar-refractivity contribution in [1.82, 2.24) is 16.0 Å². The van der Waals surface area contributed by atoms with E-state index in [2.05, 4.69) is 16.0 Å². The van der Waals surface area contributed by atoms with E-state index in [1.807, 2.05) is 19.4 Å². The predicted molar refractivity (Wildman–Crippen MR) is 129 cm³/mol. The molecule has 10 nitrogen and oxygen atoms in total. The average molecular weight is 495 g/mol. The molecule has 7 N–H and O–H groups in total.